The van der Waals surface area contributed by atoms with Crippen molar-refractivity contribution in [3.05, 3.63) is 29.0 Å². The molecule has 2 bridgehead atoms. The quantitative estimate of drug-likeness (QED) is 0.728. The Morgan fingerprint density at radius 3 is 2.84 bits per heavy atom. The molecule has 0 aliphatic heterocycles. The van der Waals surface area contributed by atoms with E-state index in [-0.39, 0.29) is 0 Å². The Bertz CT molecular complexity index is 634. The standard InChI is InChI=1S/C15H16Cl2N2/c16-8-15-18-12-4-3-11(17)7-14(12)19(15)13-6-9-1-2-10(13)5-9/h3-4,7,9-10,13H,1-2,5-6,8H2. The number of benzene rings is 1. The molecule has 1 heterocycles. The Kier molecular flexibility index (Phi) is 2.78. The van der Waals surface area contributed by atoms with Gasteiger partial charge in [-0.15, -0.1) is 11.6 Å². The van der Waals surface area contributed by atoms with Crippen LogP contribution in [-0.2, 0) is 5.88 Å². The van der Waals surface area contributed by atoms with Gasteiger partial charge in [-0.1, -0.05) is 18.0 Å². The highest BCUT2D eigenvalue weighted by atomic mass is 35.5. The molecule has 2 saturated carbocycles. The van der Waals surface area contributed by atoms with Crippen molar-refractivity contribution in [1.82, 2.24) is 9.55 Å². The molecule has 0 spiro atoms. The van der Waals surface area contributed by atoms with Crippen LogP contribution in [0.3, 0.4) is 0 Å². The summed E-state index contributed by atoms with van der Waals surface area (Å²) >= 11 is 12.3. The molecule has 4 rings (SSSR count). The molecule has 3 atom stereocenters. The molecule has 1 aromatic heterocycles. The number of rotatable bonds is 2. The number of hydrogen-bond donors (Lipinski definition) is 0. The number of halogens is 2. The molecule has 0 amide bonds. The van der Waals surface area contributed by atoms with Gasteiger partial charge in [-0.25, -0.2) is 4.98 Å². The van der Waals surface area contributed by atoms with Gasteiger partial charge < -0.3 is 4.57 Å². The van der Waals surface area contributed by atoms with Gasteiger partial charge in [-0.2, -0.15) is 0 Å². The van der Waals surface area contributed by atoms with Gasteiger partial charge >= 0.3 is 0 Å². The van der Waals surface area contributed by atoms with E-state index >= 15 is 0 Å². The first-order chi connectivity index (χ1) is 9.26. The Hall–Kier alpha value is -0.730. The topological polar surface area (TPSA) is 17.8 Å². The first kappa shape index (κ1) is 12.0. The minimum Gasteiger partial charge on any atom is -0.324 e. The molecule has 100 valence electrons. The number of hydrogen-bond acceptors (Lipinski definition) is 1. The fourth-order valence-corrected chi connectivity index (χ4v) is 4.46. The van der Waals surface area contributed by atoms with E-state index < -0.39 is 0 Å². The maximum Gasteiger partial charge on any atom is 0.125 e. The van der Waals surface area contributed by atoms with Gasteiger partial charge in [0, 0.05) is 11.1 Å². The average molecular weight is 295 g/mol. The summed E-state index contributed by atoms with van der Waals surface area (Å²) in [5.74, 6) is 3.19. The molecule has 2 fully saturated rings. The van der Waals surface area contributed by atoms with Crippen molar-refractivity contribution in [3.8, 4) is 0 Å². The van der Waals surface area contributed by atoms with Crippen molar-refractivity contribution < 1.29 is 0 Å². The molecule has 0 N–H and O–H groups in total. The zero-order valence-electron chi connectivity index (χ0n) is 10.6. The summed E-state index contributed by atoms with van der Waals surface area (Å²) in [7, 11) is 0. The summed E-state index contributed by atoms with van der Waals surface area (Å²) in [6.45, 7) is 0. The highest BCUT2D eigenvalue weighted by Crippen LogP contribution is 2.51. The molecule has 0 radical (unpaired) electrons. The van der Waals surface area contributed by atoms with Gasteiger partial charge in [0.05, 0.1) is 16.9 Å². The molecule has 2 aromatic rings. The van der Waals surface area contributed by atoms with E-state index in [4.69, 9.17) is 23.2 Å². The van der Waals surface area contributed by atoms with E-state index in [1.54, 1.807) is 0 Å². The third kappa shape index (κ3) is 1.80. The van der Waals surface area contributed by atoms with Crippen LogP contribution in [0.15, 0.2) is 18.2 Å². The maximum atomic E-state index is 6.15. The number of aromatic nitrogens is 2. The zero-order valence-corrected chi connectivity index (χ0v) is 12.2. The Morgan fingerprint density at radius 2 is 2.16 bits per heavy atom. The van der Waals surface area contributed by atoms with Gasteiger partial charge in [0.15, 0.2) is 0 Å². The first-order valence-corrected chi connectivity index (χ1v) is 7.90. The largest absolute Gasteiger partial charge is 0.324 e. The fraction of sp³-hybridized carbons (Fsp3) is 0.533. The minimum atomic E-state index is 0.472. The van der Waals surface area contributed by atoms with E-state index in [1.165, 1.54) is 25.7 Å². The molecular weight excluding hydrogens is 279 g/mol. The number of alkyl halides is 1. The predicted molar refractivity (Wildman–Crippen MR) is 78.8 cm³/mol. The average Bonchev–Trinajstić information content (AvgIpc) is 3.10. The number of nitrogens with zero attached hydrogens (tertiary/aromatic N) is 2. The van der Waals surface area contributed by atoms with Crippen molar-refractivity contribution in [1.29, 1.82) is 0 Å². The molecule has 2 aliphatic carbocycles. The highest BCUT2D eigenvalue weighted by Gasteiger charge is 2.41. The fourth-order valence-electron chi connectivity index (χ4n) is 4.11. The highest BCUT2D eigenvalue weighted by molar-refractivity contribution is 6.31. The van der Waals surface area contributed by atoms with Gasteiger partial charge in [0.25, 0.3) is 0 Å². The summed E-state index contributed by atoms with van der Waals surface area (Å²) in [6.07, 6.45) is 5.43. The number of fused-ring (bicyclic) bond motifs is 3. The van der Waals surface area contributed by atoms with Gasteiger partial charge in [-0.05, 0) is 49.3 Å². The lowest BCUT2D eigenvalue weighted by molar-refractivity contribution is 0.331. The van der Waals surface area contributed by atoms with Crippen LogP contribution in [0.5, 0.6) is 0 Å². The molecule has 0 saturated heterocycles. The molecule has 19 heavy (non-hydrogen) atoms. The summed E-state index contributed by atoms with van der Waals surface area (Å²) in [5.41, 5.74) is 2.17. The second-order valence-corrected chi connectivity index (χ2v) is 6.61. The van der Waals surface area contributed by atoms with Crippen LogP contribution in [0.2, 0.25) is 5.02 Å². The van der Waals surface area contributed by atoms with Crippen LogP contribution in [0.1, 0.15) is 37.5 Å². The van der Waals surface area contributed by atoms with E-state index in [0.29, 0.717) is 11.9 Å². The summed E-state index contributed by atoms with van der Waals surface area (Å²) in [5, 5.41) is 0.776. The predicted octanol–water partition coefficient (Wildman–Crippen LogP) is 4.79. The van der Waals surface area contributed by atoms with Crippen molar-refractivity contribution in [2.45, 2.75) is 37.6 Å². The summed E-state index contributed by atoms with van der Waals surface area (Å²) in [6, 6.07) is 6.51. The smallest absolute Gasteiger partial charge is 0.125 e. The van der Waals surface area contributed by atoms with E-state index in [9.17, 15) is 0 Å². The third-order valence-electron chi connectivity index (χ3n) is 4.88. The monoisotopic (exact) mass is 294 g/mol. The second-order valence-electron chi connectivity index (χ2n) is 5.91. The summed E-state index contributed by atoms with van der Waals surface area (Å²) in [4.78, 5) is 4.67. The SMILES string of the molecule is ClCc1nc2ccc(Cl)cc2n1C1CC2CCC1C2. The molecular formula is C15H16Cl2N2. The molecule has 3 unspecified atom stereocenters. The van der Waals surface area contributed by atoms with Crippen molar-refractivity contribution >= 4 is 34.2 Å². The third-order valence-corrected chi connectivity index (χ3v) is 5.35. The Morgan fingerprint density at radius 1 is 1.26 bits per heavy atom. The first-order valence-electron chi connectivity index (χ1n) is 6.98. The zero-order chi connectivity index (χ0) is 13.0. The van der Waals surface area contributed by atoms with Crippen molar-refractivity contribution in [3.63, 3.8) is 0 Å². The van der Waals surface area contributed by atoms with E-state index in [0.717, 1.165) is 33.7 Å². The van der Waals surface area contributed by atoms with Crippen LogP contribution >= 0.6 is 23.2 Å². The Labute approximate surface area is 122 Å². The molecule has 2 nitrogen and oxygen atoms in total. The summed E-state index contributed by atoms with van der Waals surface area (Å²) < 4.78 is 2.37. The van der Waals surface area contributed by atoms with Gasteiger partial charge in [0.2, 0.25) is 0 Å². The molecule has 4 heteroatoms. The lowest BCUT2D eigenvalue weighted by Gasteiger charge is -2.25. The maximum absolute atomic E-state index is 6.15. The lowest BCUT2D eigenvalue weighted by Crippen LogP contribution is -2.18. The molecule has 2 aliphatic rings. The van der Waals surface area contributed by atoms with Crippen molar-refractivity contribution in [2.24, 2.45) is 11.8 Å². The molecule has 1 aromatic carbocycles. The second kappa shape index (κ2) is 4.39. The van der Waals surface area contributed by atoms with E-state index in [2.05, 4.69) is 9.55 Å². The van der Waals surface area contributed by atoms with Gasteiger partial charge in [0.1, 0.15) is 5.82 Å². The van der Waals surface area contributed by atoms with E-state index in [1.807, 2.05) is 18.2 Å². The minimum absolute atomic E-state index is 0.472. The van der Waals surface area contributed by atoms with Crippen molar-refractivity contribution in [2.75, 3.05) is 0 Å². The lowest BCUT2D eigenvalue weighted by atomic mass is 9.95. The van der Waals surface area contributed by atoms with Crippen LogP contribution < -0.4 is 0 Å². The Balaban J connectivity index is 1.89. The van der Waals surface area contributed by atoms with Gasteiger partial charge in [-0.3, -0.25) is 0 Å². The van der Waals surface area contributed by atoms with Crippen LogP contribution in [0.25, 0.3) is 11.0 Å². The normalized spacial score (nSPS) is 29.5. The van der Waals surface area contributed by atoms with Crippen LogP contribution in [0, 0.1) is 11.8 Å². The van der Waals surface area contributed by atoms with Crippen LogP contribution in [0.4, 0.5) is 0 Å². The van der Waals surface area contributed by atoms with Crippen LogP contribution in [-0.4, -0.2) is 9.55 Å². The number of imidazole rings is 1.